The van der Waals surface area contributed by atoms with Crippen LogP contribution in [0.3, 0.4) is 0 Å². The first-order valence-electron chi connectivity index (χ1n) is 8.75. The molecule has 0 spiro atoms. The van der Waals surface area contributed by atoms with E-state index in [1.165, 1.54) is 6.08 Å². The van der Waals surface area contributed by atoms with Crippen LogP contribution in [-0.2, 0) is 25.5 Å². The van der Waals surface area contributed by atoms with Gasteiger partial charge in [0.25, 0.3) is 0 Å². The van der Waals surface area contributed by atoms with Gasteiger partial charge in [-0.3, -0.25) is 0 Å². The summed E-state index contributed by atoms with van der Waals surface area (Å²) in [5.41, 5.74) is 0.599. The van der Waals surface area contributed by atoms with Gasteiger partial charge in [-0.15, -0.1) is 0 Å². The fourth-order valence-corrected chi connectivity index (χ4v) is 2.03. The Morgan fingerprint density at radius 1 is 1.30 bits per heavy atom. The van der Waals surface area contributed by atoms with Gasteiger partial charge in [-0.1, -0.05) is 48.1 Å². The van der Waals surface area contributed by atoms with E-state index in [-0.39, 0.29) is 18.9 Å². The maximum absolute atomic E-state index is 11.6. The first-order valence-corrected chi connectivity index (χ1v) is 8.75. The molecule has 0 saturated heterocycles. The van der Waals surface area contributed by atoms with E-state index in [4.69, 9.17) is 14.3 Å². The van der Waals surface area contributed by atoms with E-state index >= 15 is 0 Å². The van der Waals surface area contributed by atoms with Gasteiger partial charge in [0, 0.05) is 6.42 Å². The normalized spacial score (nSPS) is 12.6. The van der Waals surface area contributed by atoms with Crippen molar-refractivity contribution in [2.75, 3.05) is 13.2 Å². The van der Waals surface area contributed by atoms with Crippen molar-refractivity contribution in [3.63, 3.8) is 0 Å². The predicted molar refractivity (Wildman–Crippen MR) is 104 cm³/mol. The van der Waals surface area contributed by atoms with Crippen molar-refractivity contribution in [1.82, 2.24) is 5.32 Å². The Morgan fingerprint density at radius 3 is 2.59 bits per heavy atom. The zero-order chi connectivity index (χ0) is 20.1. The van der Waals surface area contributed by atoms with Crippen molar-refractivity contribution >= 4 is 18.3 Å². The molecular formula is C20H28N2O5. The van der Waals surface area contributed by atoms with Gasteiger partial charge in [0.1, 0.15) is 25.1 Å². The predicted octanol–water partition coefficient (Wildman–Crippen LogP) is 3.24. The van der Waals surface area contributed by atoms with Gasteiger partial charge in [0.2, 0.25) is 5.90 Å². The lowest BCUT2D eigenvalue weighted by molar-refractivity contribution is -0.109. The van der Waals surface area contributed by atoms with Crippen LogP contribution in [0.25, 0.3) is 0 Å². The number of benzene rings is 1. The second kappa shape index (κ2) is 11.7. The summed E-state index contributed by atoms with van der Waals surface area (Å²) >= 11 is 0. The molecule has 1 amide bonds. The molecule has 148 valence electrons. The third kappa shape index (κ3) is 10.7. The van der Waals surface area contributed by atoms with E-state index in [0.29, 0.717) is 19.3 Å². The molecule has 0 aliphatic carbocycles. The van der Waals surface area contributed by atoms with Crippen molar-refractivity contribution in [3.8, 4) is 0 Å². The van der Waals surface area contributed by atoms with Crippen LogP contribution in [0.5, 0.6) is 0 Å². The maximum Gasteiger partial charge on any atom is 0.408 e. The van der Waals surface area contributed by atoms with Gasteiger partial charge in [-0.2, -0.15) is 0 Å². The number of nitrogens with one attached hydrogen (secondary N) is 1. The lowest BCUT2D eigenvalue weighted by atomic mass is 10.2. The molecule has 1 unspecified atom stereocenters. The summed E-state index contributed by atoms with van der Waals surface area (Å²) in [7, 11) is 0. The smallest absolute Gasteiger partial charge is 0.408 e. The summed E-state index contributed by atoms with van der Waals surface area (Å²) in [6.45, 7) is 9.44. The standard InChI is InChI=1S/C20H28N2O5/c1-5-12-25-19(24)21-17(15-23)14-18(27-20(2,3)4)22-26-13-11-16-9-7-6-8-10-16/h5-10,15,17H,1,11-14H2,2-4H3,(H,21,24). The van der Waals surface area contributed by atoms with Crippen molar-refractivity contribution in [3.05, 3.63) is 48.6 Å². The molecule has 0 fully saturated rings. The Hall–Kier alpha value is -2.83. The lowest BCUT2D eigenvalue weighted by Gasteiger charge is -2.23. The Labute approximate surface area is 160 Å². The molecule has 0 radical (unpaired) electrons. The molecule has 1 rings (SSSR count). The molecule has 0 aliphatic heterocycles. The van der Waals surface area contributed by atoms with Crippen LogP contribution in [0.2, 0.25) is 0 Å². The van der Waals surface area contributed by atoms with Crippen LogP contribution in [0.4, 0.5) is 4.79 Å². The van der Waals surface area contributed by atoms with Crippen molar-refractivity contribution in [1.29, 1.82) is 0 Å². The van der Waals surface area contributed by atoms with Gasteiger partial charge in [0.05, 0.1) is 12.5 Å². The Kier molecular flexibility index (Phi) is 9.64. The summed E-state index contributed by atoms with van der Waals surface area (Å²) in [5.74, 6) is 0.219. The number of oxime groups is 1. The van der Waals surface area contributed by atoms with Gasteiger partial charge in [0.15, 0.2) is 0 Å². The number of alkyl carbamates (subject to hydrolysis) is 1. The van der Waals surface area contributed by atoms with Gasteiger partial charge < -0.3 is 24.4 Å². The number of carbonyl (C=O) groups is 2. The average Bonchev–Trinajstić information content (AvgIpc) is 2.62. The third-order valence-electron chi connectivity index (χ3n) is 3.11. The zero-order valence-corrected chi connectivity index (χ0v) is 16.1. The highest BCUT2D eigenvalue weighted by atomic mass is 16.6. The Balaban J connectivity index is 2.63. The molecule has 0 aromatic heterocycles. The lowest BCUT2D eigenvalue weighted by Crippen LogP contribution is -2.39. The topological polar surface area (TPSA) is 86.2 Å². The second-order valence-electron chi connectivity index (χ2n) is 6.75. The monoisotopic (exact) mass is 376 g/mol. The van der Waals surface area contributed by atoms with Gasteiger partial charge in [-0.25, -0.2) is 4.79 Å². The van der Waals surface area contributed by atoms with Gasteiger partial charge >= 0.3 is 6.09 Å². The number of ether oxygens (including phenoxy) is 2. The zero-order valence-electron chi connectivity index (χ0n) is 16.1. The molecule has 27 heavy (non-hydrogen) atoms. The molecule has 0 aliphatic rings. The quantitative estimate of drug-likeness (QED) is 0.169. The SMILES string of the molecule is C=CCOC(=O)NC(C=O)CC(=NOCCc1ccccc1)OC(C)(C)C. The van der Waals surface area contributed by atoms with E-state index in [9.17, 15) is 9.59 Å². The van der Waals surface area contributed by atoms with Crippen LogP contribution in [0.1, 0.15) is 32.8 Å². The van der Waals surface area contributed by atoms with E-state index in [0.717, 1.165) is 5.56 Å². The van der Waals surface area contributed by atoms with E-state index in [1.807, 2.05) is 51.1 Å². The molecule has 1 N–H and O–H groups in total. The highest BCUT2D eigenvalue weighted by molar-refractivity contribution is 5.82. The van der Waals surface area contributed by atoms with Gasteiger partial charge in [-0.05, 0) is 26.3 Å². The van der Waals surface area contributed by atoms with Crippen LogP contribution >= 0.6 is 0 Å². The molecular weight excluding hydrogens is 348 g/mol. The van der Waals surface area contributed by atoms with Crippen LogP contribution in [0, 0.1) is 0 Å². The van der Waals surface area contributed by atoms with E-state index in [2.05, 4.69) is 17.1 Å². The number of nitrogens with zero attached hydrogens (tertiary/aromatic N) is 1. The van der Waals surface area contributed by atoms with Crippen LogP contribution in [-0.4, -0.2) is 43.1 Å². The minimum atomic E-state index is -0.846. The van der Waals surface area contributed by atoms with E-state index < -0.39 is 17.7 Å². The van der Waals surface area contributed by atoms with Crippen LogP contribution in [0.15, 0.2) is 48.1 Å². The number of carbonyl (C=O) groups excluding carboxylic acids is 2. The Morgan fingerprint density at radius 2 is 2.00 bits per heavy atom. The fourth-order valence-electron chi connectivity index (χ4n) is 2.03. The van der Waals surface area contributed by atoms with Crippen molar-refractivity contribution < 1.29 is 23.9 Å². The number of hydrogen-bond acceptors (Lipinski definition) is 6. The van der Waals surface area contributed by atoms with Crippen LogP contribution < -0.4 is 5.32 Å². The first-order chi connectivity index (χ1) is 12.8. The number of amides is 1. The highest BCUT2D eigenvalue weighted by Gasteiger charge is 2.21. The average molecular weight is 376 g/mol. The molecule has 1 atom stereocenters. The molecule has 0 heterocycles. The number of aldehydes is 1. The fraction of sp³-hybridized carbons (Fsp3) is 0.450. The largest absolute Gasteiger partial charge is 0.473 e. The van der Waals surface area contributed by atoms with E-state index in [1.54, 1.807) is 0 Å². The third-order valence-corrected chi connectivity index (χ3v) is 3.11. The number of rotatable bonds is 10. The summed E-state index contributed by atoms with van der Waals surface area (Å²) in [5, 5.41) is 6.45. The molecule has 7 nitrogen and oxygen atoms in total. The molecule has 0 bridgehead atoms. The number of hydrogen-bond donors (Lipinski definition) is 1. The maximum atomic E-state index is 11.6. The highest BCUT2D eigenvalue weighted by Crippen LogP contribution is 2.11. The summed E-state index contributed by atoms with van der Waals surface area (Å²) < 4.78 is 10.6. The molecule has 1 aromatic rings. The minimum Gasteiger partial charge on any atom is -0.473 e. The Bertz CT molecular complexity index is 623. The van der Waals surface area contributed by atoms with Crippen molar-refractivity contribution in [2.45, 2.75) is 45.3 Å². The molecule has 7 heteroatoms. The summed E-state index contributed by atoms with van der Waals surface area (Å²) in [6, 6.07) is 9.02. The molecule has 0 saturated carbocycles. The summed E-state index contributed by atoms with van der Waals surface area (Å²) in [4.78, 5) is 28.2. The van der Waals surface area contributed by atoms with Crippen molar-refractivity contribution in [2.24, 2.45) is 5.16 Å². The molecule has 1 aromatic carbocycles. The first kappa shape index (κ1) is 22.2. The second-order valence-corrected chi connectivity index (χ2v) is 6.75. The minimum absolute atomic E-state index is 0.0509. The summed E-state index contributed by atoms with van der Waals surface area (Å²) in [6.07, 6.45) is 2.06.